The average molecular weight is 255 g/mol. The highest BCUT2D eigenvalue weighted by atomic mass is 19.2. The average Bonchev–Trinajstić information content (AvgIpc) is 2.70. The number of halogens is 2. The number of benzene rings is 1. The predicted molar refractivity (Wildman–Crippen MR) is 62.1 cm³/mol. The summed E-state index contributed by atoms with van der Waals surface area (Å²) in [5, 5.41) is 9.52. The van der Waals surface area contributed by atoms with Gasteiger partial charge in [0, 0.05) is 0 Å². The second kappa shape index (κ2) is 4.65. The van der Waals surface area contributed by atoms with Crippen LogP contribution < -0.4 is 5.73 Å². The third-order valence-corrected chi connectivity index (χ3v) is 3.45. The van der Waals surface area contributed by atoms with Crippen LogP contribution in [-0.2, 0) is 10.5 Å². The van der Waals surface area contributed by atoms with E-state index < -0.39 is 23.9 Å². The van der Waals surface area contributed by atoms with Gasteiger partial charge >= 0.3 is 0 Å². The smallest absolute Gasteiger partial charge is 0.250 e. The van der Waals surface area contributed by atoms with Crippen molar-refractivity contribution < 1.29 is 18.7 Å². The SMILES string of the molecule is NC(=O)C(O)c1cccc(C2(F)CCCC2F)c1. The van der Waals surface area contributed by atoms with Crippen molar-refractivity contribution in [2.45, 2.75) is 37.2 Å². The highest BCUT2D eigenvalue weighted by Crippen LogP contribution is 2.44. The molecule has 0 spiro atoms. The third kappa shape index (κ3) is 2.10. The molecule has 2 rings (SSSR count). The van der Waals surface area contributed by atoms with Crippen LogP contribution in [0.15, 0.2) is 24.3 Å². The summed E-state index contributed by atoms with van der Waals surface area (Å²) in [6.07, 6.45) is -2.24. The first kappa shape index (κ1) is 13.0. The molecule has 1 aromatic carbocycles. The number of nitrogens with two attached hydrogens (primary N) is 1. The zero-order chi connectivity index (χ0) is 13.3. The largest absolute Gasteiger partial charge is 0.378 e. The van der Waals surface area contributed by atoms with Gasteiger partial charge in [-0.2, -0.15) is 0 Å². The maximum absolute atomic E-state index is 14.5. The lowest BCUT2D eigenvalue weighted by Gasteiger charge is -2.23. The molecule has 1 aliphatic rings. The van der Waals surface area contributed by atoms with Gasteiger partial charge in [-0.25, -0.2) is 8.78 Å². The van der Waals surface area contributed by atoms with Gasteiger partial charge in [-0.15, -0.1) is 0 Å². The van der Waals surface area contributed by atoms with E-state index in [2.05, 4.69) is 0 Å². The van der Waals surface area contributed by atoms with Gasteiger partial charge in [-0.05, 0) is 36.5 Å². The number of hydrogen-bond acceptors (Lipinski definition) is 2. The minimum Gasteiger partial charge on any atom is -0.378 e. The second-order valence-electron chi connectivity index (χ2n) is 4.65. The van der Waals surface area contributed by atoms with Crippen molar-refractivity contribution >= 4 is 5.91 Å². The molecule has 1 aromatic rings. The summed E-state index contributed by atoms with van der Waals surface area (Å²) in [7, 11) is 0. The Morgan fingerprint density at radius 2 is 2.28 bits per heavy atom. The molecule has 3 nitrogen and oxygen atoms in total. The quantitative estimate of drug-likeness (QED) is 0.866. The van der Waals surface area contributed by atoms with Crippen LogP contribution in [0.25, 0.3) is 0 Å². The van der Waals surface area contributed by atoms with E-state index in [0.29, 0.717) is 6.42 Å². The lowest BCUT2D eigenvalue weighted by Crippen LogP contribution is -2.27. The van der Waals surface area contributed by atoms with Gasteiger partial charge < -0.3 is 10.8 Å². The van der Waals surface area contributed by atoms with Gasteiger partial charge in [0.1, 0.15) is 6.17 Å². The first-order valence-electron chi connectivity index (χ1n) is 5.86. The standard InChI is InChI=1S/C13H15F2NO2/c14-10-5-2-6-13(10,15)9-4-1-3-8(7-9)11(17)12(16)18/h1,3-4,7,10-11,17H,2,5-6H2,(H2,16,18). The monoisotopic (exact) mass is 255 g/mol. The molecule has 0 aliphatic heterocycles. The molecular formula is C13H15F2NO2. The van der Waals surface area contributed by atoms with Crippen LogP contribution in [0.1, 0.15) is 36.5 Å². The summed E-state index contributed by atoms with van der Waals surface area (Å²) in [5.41, 5.74) is 3.30. The van der Waals surface area contributed by atoms with E-state index in [1.54, 1.807) is 0 Å². The number of rotatable bonds is 3. The molecule has 3 atom stereocenters. The van der Waals surface area contributed by atoms with Gasteiger partial charge in [0.2, 0.25) is 0 Å². The predicted octanol–water partition coefficient (Wildman–Crippen LogP) is 1.89. The Morgan fingerprint density at radius 3 is 2.83 bits per heavy atom. The van der Waals surface area contributed by atoms with Gasteiger partial charge in [0.05, 0.1) is 0 Å². The minimum absolute atomic E-state index is 0.115. The molecule has 3 unspecified atom stereocenters. The molecule has 0 bridgehead atoms. The summed E-state index contributed by atoms with van der Waals surface area (Å²) >= 11 is 0. The molecule has 0 aromatic heterocycles. The molecule has 98 valence electrons. The van der Waals surface area contributed by atoms with Crippen LogP contribution in [-0.4, -0.2) is 17.2 Å². The fraction of sp³-hybridized carbons (Fsp3) is 0.462. The highest BCUT2D eigenvalue weighted by molar-refractivity contribution is 5.80. The minimum atomic E-state index is -2.02. The molecule has 1 saturated carbocycles. The van der Waals surface area contributed by atoms with Gasteiger partial charge in [0.15, 0.2) is 11.8 Å². The number of hydrogen-bond donors (Lipinski definition) is 2. The topological polar surface area (TPSA) is 63.3 Å². The molecule has 3 N–H and O–H groups in total. The Hall–Kier alpha value is -1.49. The number of primary amides is 1. The van der Waals surface area contributed by atoms with Crippen LogP contribution in [0.5, 0.6) is 0 Å². The molecule has 1 amide bonds. The van der Waals surface area contributed by atoms with E-state index in [1.165, 1.54) is 24.3 Å². The maximum atomic E-state index is 14.5. The summed E-state index contributed by atoms with van der Waals surface area (Å²) < 4.78 is 28.1. The van der Waals surface area contributed by atoms with E-state index >= 15 is 0 Å². The van der Waals surface area contributed by atoms with Crippen molar-refractivity contribution in [3.8, 4) is 0 Å². The summed E-state index contributed by atoms with van der Waals surface area (Å²) in [4.78, 5) is 10.9. The van der Waals surface area contributed by atoms with Crippen molar-refractivity contribution in [2.24, 2.45) is 5.73 Å². The Kier molecular flexibility index (Phi) is 3.34. The molecular weight excluding hydrogens is 240 g/mol. The summed E-state index contributed by atoms with van der Waals surface area (Å²) in [5.74, 6) is -0.914. The van der Waals surface area contributed by atoms with E-state index in [9.17, 15) is 18.7 Å². The Bertz CT molecular complexity index is 466. The number of amides is 1. The highest BCUT2D eigenvalue weighted by Gasteiger charge is 2.45. The number of carbonyl (C=O) groups excluding carboxylic acids is 1. The summed E-state index contributed by atoms with van der Waals surface area (Å²) in [6, 6.07) is 5.73. The van der Waals surface area contributed by atoms with Crippen LogP contribution in [0.4, 0.5) is 8.78 Å². The van der Waals surface area contributed by atoms with E-state index in [4.69, 9.17) is 5.73 Å². The fourth-order valence-corrected chi connectivity index (χ4v) is 2.38. The molecule has 1 aliphatic carbocycles. The van der Waals surface area contributed by atoms with Gasteiger partial charge in [-0.1, -0.05) is 18.2 Å². The Morgan fingerprint density at radius 1 is 1.56 bits per heavy atom. The van der Waals surface area contributed by atoms with E-state index in [0.717, 1.165) is 0 Å². The van der Waals surface area contributed by atoms with E-state index in [1.807, 2.05) is 0 Å². The molecule has 0 heterocycles. The first-order chi connectivity index (χ1) is 8.45. The number of alkyl halides is 2. The van der Waals surface area contributed by atoms with Crippen LogP contribution in [0.3, 0.4) is 0 Å². The number of aliphatic hydroxyl groups is 1. The molecule has 18 heavy (non-hydrogen) atoms. The van der Waals surface area contributed by atoms with Crippen molar-refractivity contribution in [1.82, 2.24) is 0 Å². The van der Waals surface area contributed by atoms with Crippen molar-refractivity contribution in [3.05, 3.63) is 35.4 Å². The van der Waals surface area contributed by atoms with E-state index in [-0.39, 0.29) is 24.0 Å². The van der Waals surface area contributed by atoms with Gasteiger partial charge in [0.25, 0.3) is 5.91 Å². The Labute approximate surface area is 104 Å². The van der Waals surface area contributed by atoms with Crippen molar-refractivity contribution in [3.63, 3.8) is 0 Å². The first-order valence-corrected chi connectivity index (χ1v) is 5.86. The van der Waals surface area contributed by atoms with Crippen molar-refractivity contribution in [1.29, 1.82) is 0 Å². The zero-order valence-electron chi connectivity index (χ0n) is 9.77. The molecule has 0 saturated heterocycles. The normalized spacial score (nSPS) is 29.2. The van der Waals surface area contributed by atoms with Crippen molar-refractivity contribution in [2.75, 3.05) is 0 Å². The van der Waals surface area contributed by atoms with Crippen LogP contribution >= 0.6 is 0 Å². The number of aliphatic hydroxyl groups excluding tert-OH is 1. The molecule has 0 radical (unpaired) electrons. The molecule has 5 heteroatoms. The number of carbonyl (C=O) groups is 1. The molecule has 1 fully saturated rings. The third-order valence-electron chi connectivity index (χ3n) is 3.45. The zero-order valence-corrected chi connectivity index (χ0v) is 9.77. The lowest BCUT2D eigenvalue weighted by atomic mass is 9.90. The van der Waals surface area contributed by atoms with Crippen LogP contribution in [0.2, 0.25) is 0 Å². The van der Waals surface area contributed by atoms with Crippen LogP contribution in [0, 0.1) is 0 Å². The maximum Gasteiger partial charge on any atom is 0.250 e. The second-order valence-corrected chi connectivity index (χ2v) is 4.65. The fourth-order valence-electron chi connectivity index (χ4n) is 2.38. The Balaban J connectivity index is 2.35. The summed E-state index contributed by atoms with van der Waals surface area (Å²) in [6.45, 7) is 0. The van der Waals surface area contributed by atoms with Gasteiger partial charge in [-0.3, -0.25) is 4.79 Å². The lowest BCUT2D eigenvalue weighted by molar-refractivity contribution is -0.126.